The maximum Gasteiger partial charge on any atom is 0.231 e. The van der Waals surface area contributed by atoms with Crippen LogP contribution < -0.4 is 14.8 Å². The Morgan fingerprint density at radius 2 is 1.86 bits per heavy atom. The van der Waals surface area contributed by atoms with Gasteiger partial charge in [-0.15, -0.1) is 0 Å². The Morgan fingerprint density at radius 3 is 2.57 bits per heavy atom. The molecule has 0 saturated carbocycles. The fraction of sp³-hybridized carbons (Fsp3) is 0.133. The van der Waals surface area contributed by atoms with Gasteiger partial charge >= 0.3 is 0 Å². The van der Waals surface area contributed by atoms with E-state index in [2.05, 4.69) is 43.2 Å². The average molecular weight is 410 g/mol. The molecule has 4 nitrogen and oxygen atoms in total. The van der Waals surface area contributed by atoms with Crippen molar-refractivity contribution in [2.24, 2.45) is 0 Å². The molecule has 2 aromatic rings. The van der Waals surface area contributed by atoms with Crippen LogP contribution in [0.25, 0.3) is 0 Å². The van der Waals surface area contributed by atoms with Gasteiger partial charge in [-0.25, -0.2) is 0 Å². The van der Waals surface area contributed by atoms with Crippen molar-refractivity contribution in [3.63, 3.8) is 0 Å². The van der Waals surface area contributed by atoms with Gasteiger partial charge in [-0.2, -0.15) is 5.26 Å². The van der Waals surface area contributed by atoms with E-state index in [-0.39, 0.29) is 6.79 Å². The lowest BCUT2D eigenvalue weighted by atomic mass is 10.2. The Kier molecular flexibility index (Phi) is 4.04. The summed E-state index contributed by atoms with van der Waals surface area (Å²) in [5.41, 5.74) is 2.62. The summed E-state index contributed by atoms with van der Waals surface area (Å²) in [6.07, 6.45) is 0. The summed E-state index contributed by atoms with van der Waals surface area (Å²) in [6.45, 7) is 0.890. The third kappa shape index (κ3) is 2.99. The van der Waals surface area contributed by atoms with Crippen molar-refractivity contribution in [3.8, 4) is 17.6 Å². The zero-order valence-electron chi connectivity index (χ0n) is 10.8. The minimum atomic E-state index is 0.264. The molecule has 1 N–H and O–H groups in total. The second-order valence-electron chi connectivity index (χ2n) is 4.46. The minimum absolute atomic E-state index is 0.264. The van der Waals surface area contributed by atoms with Crippen LogP contribution in [0, 0.1) is 11.3 Å². The predicted molar refractivity (Wildman–Crippen MR) is 86.4 cm³/mol. The summed E-state index contributed by atoms with van der Waals surface area (Å²) in [7, 11) is 0. The molecule has 0 unspecified atom stereocenters. The number of nitrogens with zero attached hydrogens (tertiary/aromatic N) is 1. The first-order valence-electron chi connectivity index (χ1n) is 6.19. The number of ether oxygens (including phenoxy) is 2. The number of hydrogen-bond donors (Lipinski definition) is 1. The summed E-state index contributed by atoms with van der Waals surface area (Å²) < 4.78 is 12.5. The van der Waals surface area contributed by atoms with Crippen molar-refractivity contribution in [2.75, 3.05) is 12.1 Å². The Balaban J connectivity index is 1.78. The number of rotatable bonds is 3. The molecule has 1 heterocycles. The van der Waals surface area contributed by atoms with Gasteiger partial charge in [-0.1, -0.05) is 15.9 Å². The van der Waals surface area contributed by atoms with E-state index >= 15 is 0 Å². The van der Waals surface area contributed by atoms with Crippen LogP contribution in [0.3, 0.4) is 0 Å². The van der Waals surface area contributed by atoms with E-state index in [1.807, 2.05) is 18.2 Å². The summed E-state index contributed by atoms with van der Waals surface area (Å²) in [6, 6.07) is 11.4. The van der Waals surface area contributed by atoms with Gasteiger partial charge in [0.1, 0.15) is 0 Å². The van der Waals surface area contributed by atoms with E-state index in [0.717, 1.165) is 31.7 Å². The highest BCUT2D eigenvalue weighted by Crippen LogP contribution is 2.37. The van der Waals surface area contributed by atoms with Gasteiger partial charge < -0.3 is 14.8 Å². The SMILES string of the molecule is N#Cc1ccc(NCc2cc3c(cc2Br)OCO3)c(Br)c1. The fourth-order valence-corrected chi connectivity index (χ4v) is 2.99. The first kappa shape index (κ1) is 14.2. The zero-order valence-corrected chi connectivity index (χ0v) is 14.0. The van der Waals surface area contributed by atoms with E-state index in [0.29, 0.717) is 12.1 Å². The molecule has 3 rings (SSSR count). The van der Waals surface area contributed by atoms with Crippen molar-refractivity contribution in [1.82, 2.24) is 0 Å². The monoisotopic (exact) mass is 408 g/mol. The van der Waals surface area contributed by atoms with E-state index in [9.17, 15) is 0 Å². The molecule has 1 aliphatic rings. The Morgan fingerprint density at radius 1 is 1.10 bits per heavy atom. The van der Waals surface area contributed by atoms with Gasteiger partial charge in [0.2, 0.25) is 6.79 Å². The molecule has 0 radical (unpaired) electrons. The molecule has 6 heteroatoms. The van der Waals surface area contributed by atoms with Crippen LogP contribution in [0.15, 0.2) is 39.3 Å². The van der Waals surface area contributed by atoms with Crippen molar-refractivity contribution < 1.29 is 9.47 Å². The van der Waals surface area contributed by atoms with Gasteiger partial charge in [0.05, 0.1) is 11.6 Å². The lowest BCUT2D eigenvalue weighted by molar-refractivity contribution is 0.174. The molecular formula is C15H10Br2N2O2. The Labute approximate surface area is 138 Å². The highest BCUT2D eigenvalue weighted by molar-refractivity contribution is 9.11. The van der Waals surface area contributed by atoms with E-state index in [1.54, 1.807) is 12.1 Å². The van der Waals surface area contributed by atoms with Gasteiger partial charge in [-0.05, 0) is 51.8 Å². The summed E-state index contributed by atoms with van der Waals surface area (Å²) in [4.78, 5) is 0. The first-order chi connectivity index (χ1) is 10.2. The van der Waals surface area contributed by atoms with Crippen LogP contribution in [0.5, 0.6) is 11.5 Å². The number of benzene rings is 2. The van der Waals surface area contributed by atoms with Crippen molar-refractivity contribution in [2.45, 2.75) is 6.54 Å². The number of fused-ring (bicyclic) bond motifs is 1. The topological polar surface area (TPSA) is 54.3 Å². The predicted octanol–water partition coefficient (Wildman–Crippen LogP) is 4.42. The summed E-state index contributed by atoms with van der Waals surface area (Å²) in [5.74, 6) is 1.51. The van der Waals surface area contributed by atoms with Gasteiger partial charge in [0.25, 0.3) is 0 Å². The molecular weight excluding hydrogens is 400 g/mol. The van der Waals surface area contributed by atoms with Crippen LogP contribution in [-0.2, 0) is 6.54 Å². The van der Waals surface area contributed by atoms with E-state index < -0.39 is 0 Å². The molecule has 0 aliphatic carbocycles. The second-order valence-corrected chi connectivity index (χ2v) is 6.17. The van der Waals surface area contributed by atoms with Crippen LogP contribution >= 0.6 is 31.9 Å². The zero-order chi connectivity index (χ0) is 14.8. The van der Waals surface area contributed by atoms with Crippen LogP contribution in [0.1, 0.15) is 11.1 Å². The number of halogens is 2. The van der Waals surface area contributed by atoms with E-state index in [1.165, 1.54) is 0 Å². The smallest absolute Gasteiger partial charge is 0.231 e. The third-order valence-corrected chi connectivity index (χ3v) is 4.50. The Bertz CT molecular complexity index is 741. The quantitative estimate of drug-likeness (QED) is 0.814. The lowest BCUT2D eigenvalue weighted by Crippen LogP contribution is -2.01. The molecule has 21 heavy (non-hydrogen) atoms. The Hall–Kier alpha value is -1.71. The van der Waals surface area contributed by atoms with Crippen molar-refractivity contribution in [1.29, 1.82) is 5.26 Å². The molecule has 0 aromatic heterocycles. The number of nitriles is 1. The number of hydrogen-bond acceptors (Lipinski definition) is 4. The maximum atomic E-state index is 8.86. The van der Waals surface area contributed by atoms with Gasteiger partial charge in [-0.3, -0.25) is 0 Å². The molecule has 2 aromatic carbocycles. The number of anilines is 1. The second kappa shape index (κ2) is 5.96. The van der Waals surface area contributed by atoms with E-state index in [4.69, 9.17) is 14.7 Å². The van der Waals surface area contributed by atoms with Crippen molar-refractivity contribution >= 4 is 37.5 Å². The molecule has 0 fully saturated rings. The molecule has 0 atom stereocenters. The molecule has 0 bridgehead atoms. The lowest BCUT2D eigenvalue weighted by Gasteiger charge is -2.11. The summed E-state index contributed by atoms with van der Waals surface area (Å²) in [5, 5.41) is 12.2. The standard InChI is InChI=1S/C15H10Br2N2O2/c16-11-5-15-14(20-8-21-15)4-10(11)7-19-13-2-1-9(6-18)3-12(13)17/h1-5,19H,7-8H2. The van der Waals surface area contributed by atoms with Crippen LogP contribution in [0.4, 0.5) is 5.69 Å². The largest absolute Gasteiger partial charge is 0.454 e. The third-order valence-electron chi connectivity index (χ3n) is 3.11. The maximum absolute atomic E-state index is 8.86. The molecule has 1 aliphatic heterocycles. The first-order valence-corrected chi connectivity index (χ1v) is 7.77. The summed E-state index contributed by atoms with van der Waals surface area (Å²) >= 11 is 6.99. The average Bonchev–Trinajstić information content (AvgIpc) is 2.92. The minimum Gasteiger partial charge on any atom is -0.454 e. The van der Waals surface area contributed by atoms with Crippen LogP contribution in [0.2, 0.25) is 0 Å². The fourth-order valence-electron chi connectivity index (χ4n) is 2.01. The highest BCUT2D eigenvalue weighted by atomic mass is 79.9. The molecule has 106 valence electrons. The van der Waals surface area contributed by atoms with Gasteiger partial charge in [0, 0.05) is 21.2 Å². The molecule has 0 spiro atoms. The molecule has 0 saturated heterocycles. The van der Waals surface area contributed by atoms with Crippen molar-refractivity contribution in [3.05, 3.63) is 50.4 Å². The van der Waals surface area contributed by atoms with Gasteiger partial charge in [0.15, 0.2) is 11.5 Å². The number of nitrogens with one attached hydrogen (secondary N) is 1. The van der Waals surface area contributed by atoms with Crippen LogP contribution in [-0.4, -0.2) is 6.79 Å². The highest BCUT2D eigenvalue weighted by Gasteiger charge is 2.16. The normalized spacial score (nSPS) is 12.0. The molecule has 0 amide bonds.